The van der Waals surface area contributed by atoms with E-state index in [4.69, 9.17) is 4.99 Å². The standard InChI is InChI=1S/C33H33N3O2S2/c1-20(2)30(35-21(3)37)33(38)36-15-7-10-29(36)28-16-25(17-34-28)22-11-13-24(14-12-22)27-19-40-31-26(18-39-32(27)31)23-8-5-4-6-9-23/h4-6,8-9,11-14,17-20,29-30H,7,10,15-16H2,1-3H3,(H,35,37)/t29?,30-/m0/s1. The summed E-state index contributed by atoms with van der Waals surface area (Å²) < 4.78 is 2.69. The molecule has 2 aromatic carbocycles. The second-order valence-corrected chi connectivity index (χ2v) is 12.7. The number of thiophene rings is 2. The Bertz CT molecular complexity index is 1610. The van der Waals surface area contributed by atoms with Crippen LogP contribution in [0.4, 0.5) is 0 Å². The Kier molecular flexibility index (Phi) is 7.43. The monoisotopic (exact) mass is 567 g/mol. The Balaban J connectivity index is 1.16. The minimum atomic E-state index is -0.504. The first-order valence-corrected chi connectivity index (χ1v) is 15.6. The summed E-state index contributed by atoms with van der Waals surface area (Å²) in [6.07, 6.45) is 4.57. The van der Waals surface area contributed by atoms with Gasteiger partial charge in [0.05, 0.1) is 15.4 Å². The summed E-state index contributed by atoms with van der Waals surface area (Å²) in [5.41, 5.74) is 8.48. The highest BCUT2D eigenvalue weighted by atomic mass is 32.1. The number of hydrogen-bond donors (Lipinski definition) is 1. The van der Waals surface area contributed by atoms with Crippen molar-refractivity contribution in [1.29, 1.82) is 0 Å². The fourth-order valence-electron chi connectivity index (χ4n) is 5.82. The SMILES string of the molecule is CC(=O)N[C@H](C(=O)N1CCCC1C1=NC=C(c2ccc(-c3csc4c(-c5ccccc5)csc34)cc2)C1)C(C)C. The van der Waals surface area contributed by atoms with Gasteiger partial charge in [-0.3, -0.25) is 14.6 Å². The summed E-state index contributed by atoms with van der Waals surface area (Å²) in [6, 6.07) is 18.9. The Morgan fingerprint density at radius 3 is 2.17 bits per heavy atom. The van der Waals surface area contributed by atoms with Crippen LogP contribution in [0.2, 0.25) is 0 Å². The molecule has 4 aromatic rings. The predicted molar refractivity (Wildman–Crippen MR) is 168 cm³/mol. The summed E-state index contributed by atoms with van der Waals surface area (Å²) in [4.78, 5) is 31.9. The molecule has 0 radical (unpaired) electrons. The number of rotatable bonds is 7. The molecule has 2 amide bonds. The molecule has 7 heteroatoms. The van der Waals surface area contributed by atoms with Crippen molar-refractivity contribution in [3.8, 4) is 22.3 Å². The molecule has 2 atom stereocenters. The predicted octanol–water partition coefficient (Wildman–Crippen LogP) is 7.63. The fourth-order valence-corrected chi connectivity index (χ4v) is 8.28. The van der Waals surface area contributed by atoms with Crippen LogP contribution in [0.5, 0.6) is 0 Å². The van der Waals surface area contributed by atoms with E-state index in [1.54, 1.807) is 0 Å². The van der Waals surface area contributed by atoms with Crippen LogP contribution in [0.15, 0.2) is 76.5 Å². The van der Waals surface area contributed by atoms with Crippen molar-refractivity contribution >= 4 is 55.2 Å². The molecule has 6 rings (SSSR count). The van der Waals surface area contributed by atoms with E-state index < -0.39 is 6.04 Å². The molecule has 0 bridgehead atoms. The number of nitrogens with zero attached hydrogens (tertiary/aromatic N) is 2. The second-order valence-electron chi connectivity index (χ2n) is 11.0. The van der Waals surface area contributed by atoms with E-state index in [-0.39, 0.29) is 23.8 Å². The van der Waals surface area contributed by atoms with Gasteiger partial charge in [0.25, 0.3) is 0 Å². The second kappa shape index (κ2) is 11.1. The van der Waals surface area contributed by atoms with Gasteiger partial charge in [-0.2, -0.15) is 0 Å². The van der Waals surface area contributed by atoms with Gasteiger partial charge in [-0.15, -0.1) is 22.7 Å². The third-order valence-corrected chi connectivity index (χ3v) is 10.1. The van der Waals surface area contributed by atoms with Crippen LogP contribution >= 0.6 is 22.7 Å². The Hall–Kier alpha value is -3.55. The number of benzene rings is 2. The van der Waals surface area contributed by atoms with Crippen molar-refractivity contribution in [3.63, 3.8) is 0 Å². The zero-order chi connectivity index (χ0) is 27.8. The van der Waals surface area contributed by atoms with Gasteiger partial charge >= 0.3 is 0 Å². The average Bonchev–Trinajstić information content (AvgIpc) is 3.75. The number of carbonyl (C=O) groups is 2. The highest BCUT2D eigenvalue weighted by molar-refractivity contribution is 7.27. The highest BCUT2D eigenvalue weighted by Crippen LogP contribution is 2.44. The van der Waals surface area contributed by atoms with Crippen LogP contribution < -0.4 is 5.32 Å². The first kappa shape index (κ1) is 26.7. The van der Waals surface area contributed by atoms with E-state index in [1.165, 1.54) is 49.7 Å². The number of allylic oxidation sites excluding steroid dienone is 1. The summed E-state index contributed by atoms with van der Waals surface area (Å²) in [5.74, 6) is -0.148. The lowest BCUT2D eigenvalue weighted by molar-refractivity contribution is -0.137. The van der Waals surface area contributed by atoms with E-state index in [2.05, 4.69) is 70.7 Å². The van der Waals surface area contributed by atoms with Crippen LogP contribution in [-0.4, -0.2) is 41.1 Å². The third-order valence-electron chi connectivity index (χ3n) is 7.91. The zero-order valence-electron chi connectivity index (χ0n) is 23.0. The molecule has 0 spiro atoms. The van der Waals surface area contributed by atoms with Gasteiger partial charge in [0.15, 0.2) is 0 Å². The van der Waals surface area contributed by atoms with E-state index in [0.717, 1.165) is 25.0 Å². The van der Waals surface area contributed by atoms with Gasteiger partial charge in [0.2, 0.25) is 11.8 Å². The molecule has 2 aliphatic rings. The summed E-state index contributed by atoms with van der Waals surface area (Å²) in [7, 11) is 0. The number of hydrogen-bond acceptors (Lipinski definition) is 5. The van der Waals surface area contributed by atoms with Crippen LogP contribution in [-0.2, 0) is 9.59 Å². The van der Waals surface area contributed by atoms with Gasteiger partial charge in [-0.25, -0.2) is 0 Å². The molecule has 1 fully saturated rings. The normalized spacial score (nSPS) is 17.8. The average molecular weight is 568 g/mol. The molecule has 1 N–H and O–H groups in total. The van der Waals surface area contributed by atoms with Crippen molar-refractivity contribution in [2.24, 2.45) is 10.9 Å². The molecule has 5 nitrogen and oxygen atoms in total. The highest BCUT2D eigenvalue weighted by Gasteiger charge is 2.38. The summed E-state index contributed by atoms with van der Waals surface area (Å²) in [5, 5.41) is 7.40. The number of carbonyl (C=O) groups excluding carboxylic acids is 2. The minimum Gasteiger partial charge on any atom is -0.344 e. The van der Waals surface area contributed by atoms with Gasteiger partial charge in [-0.05, 0) is 41.0 Å². The van der Waals surface area contributed by atoms with Crippen LogP contribution in [0, 0.1) is 5.92 Å². The smallest absolute Gasteiger partial charge is 0.245 e. The van der Waals surface area contributed by atoms with E-state index in [9.17, 15) is 9.59 Å². The maximum atomic E-state index is 13.4. The van der Waals surface area contributed by atoms with Crippen LogP contribution in [0.3, 0.4) is 0 Å². The molecule has 0 saturated carbocycles. The van der Waals surface area contributed by atoms with Gasteiger partial charge in [0, 0.05) is 53.7 Å². The lowest BCUT2D eigenvalue weighted by Crippen LogP contribution is -2.53. The van der Waals surface area contributed by atoms with E-state index >= 15 is 0 Å². The maximum Gasteiger partial charge on any atom is 0.245 e. The van der Waals surface area contributed by atoms with Gasteiger partial charge < -0.3 is 10.2 Å². The van der Waals surface area contributed by atoms with Crippen molar-refractivity contribution in [2.45, 2.75) is 52.1 Å². The number of likely N-dealkylation sites (tertiary alicyclic amines) is 1. The molecule has 0 aliphatic carbocycles. The molecule has 204 valence electrons. The lowest BCUT2D eigenvalue weighted by Gasteiger charge is -2.31. The van der Waals surface area contributed by atoms with Crippen molar-refractivity contribution in [3.05, 3.63) is 77.1 Å². The molecule has 1 unspecified atom stereocenters. The Morgan fingerprint density at radius 1 is 0.925 bits per heavy atom. The minimum absolute atomic E-state index is 0.000667. The third kappa shape index (κ3) is 5.04. The molecule has 2 aromatic heterocycles. The quantitative estimate of drug-likeness (QED) is 0.250. The first-order valence-electron chi connectivity index (χ1n) is 13.9. The van der Waals surface area contributed by atoms with Crippen molar-refractivity contribution in [1.82, 2.24) is 10.2 Å². The largest absolute Gasteiger partial charge is 0.344 e. The van der Waals surface area contributed by atoms with E-state index in [1.807, 2.05) is 47.6 Å². The molecule has 2 aliphatic heterocycles. The van der Waals surface area contributed by atoms with Crippen LogP contribution in [0.25, 0.3) is 37.2 Å². The lowest BCUT2D eigenvalue weighted by atomic mass is 9.96. The molecule has 1 saturated heterocycles. The zero-order valence-corrected chi connectivity index (χ0v) is 24.6. The fraction of sp³-hybridized carbons (Fsp3) is 0.303. The number of aliphatic imine (C=N–C) groups is 1. The maximum absolute atomic E-state index is 13.4. The Morgan fingerprint density at radius 2 is 1.55 bits per heavy atom. The number of fused-ring (bicyclic) bond motifs is 1. The van der Waals surface area contributed by atoms with Crippen molar-refractivity contribution < 1.29 is 9.59 Å². The van der Waals surface area contributed by atoms with Crippen LogP contribution in [0.1, 0.15) is 45.6 Å². The topological polar surface area (TPSA) is 61.8 Å². The van der Waals surface area contributed by atoms with Gasteiger partial charge in [0.1, 0.15) is 6.04 Å². The van der Waals surface area contributed by atoms with Crippen molar-refractivity contribution in [2.75, 3.05) is 6.54 Å². The number of amides is 2. The first-order chi connectivity index (χ1) is 19.4. The summed E-state index contributed by atoms with van der Waals surface area (Å²) >= 11 is 3.63. The molecular formula is C33H33N3O2S2. The summed E-state index contributed by atoms with van der Waals surface area (Å²) in [6.45, 7) is 6.12. The van der Waals surface area contributed by atoms with Gasteiger partial charge in [-0.1, -0.05) is 68.4 Å². The molecule has 4 heterocycles. The molecule has 40 heavy (non-hydrogen) atoms. The van der Waals surface area contributed by atoms with E-state index in [0.29, 0.717) is 6.54 Å². The molecular weight excluding hydrogens is 535 g/mol. The number of nitrogens with one attached hydrogen (secondary N) is 1. The Labute approximate surface area is 243 Å².